The largest absolute Gasteiger partial charge is 0.486 e. The van der Waals surface area contributed by atoms with Gasteiger partial charge in [0, 0.05) is 36.0 Å². The van der Waals surface area contributed by atoms with Gasteiger partial charge in [-0.3, -0.25) is 4.79 Å². The molecule has 0 atom stereocenters. The number of nitrogens with one attached hydrogen (secondary N) is 1. The third kappa shape index (κ3) is 4.82. The van der Waals surface area contributed by atoms with E-state index in [4.69, 9.17) is 14.5 Å². The molecule has 0 unspecified atom stereocenters. The Hall–Kier alpha value is -3.76. The topological polar surface area (TPSA) is 79.8 Å². The van der Waals surface area contributed by atoms with E-state index < -0.39 is 0 Å². The van der Waals surface area contributed by atoms with E-state index in [1.165, 1.54) is 23.1 Å². The van der Waals surface area contributed by atoms with Gasteiger partial charge >= 0.3 is 0 Å². The van der Waals surface area contributed by atoms with Gasteiger partial charge in [-0.25, -0.2) is 4.98 Å². The Labute approximate surface area is 222 Å². The van der Waals surface area contributed by atoms with Crippen LogP contribution in [0.2, 0.25) is 0 Å². The number of fused-ring (bicyclic) bond motifs is 2. The number of hydrogen-bond donors (Lipinski definition) is 1. The highest BCUT2D eigenvalue weighted by atomic mass is 32.2. The van der Waals surface area contributed by atoms with Crippen LogP contribution in [-0.4, -0.2) is 53.6 Å². The van der Waals surface area contributed by atoms with Crippen LogP contribution in [0.4, 0.5) is 23.0 Å². The number of aromatic nitrogens is 2. The molecule has 2 aromatic carbocycles. The minimum atomic E-state index is -0.180. The molecule has 0 spiro atoms. The van der Waals surface area contributed by atoms with Crippen molar-refractivity contribution in [3.8, 4) is 17.4 Å². The zero-order valence-electron chi connectivity index (χ0n) is 20.1. The number of thioether (sulfide) groups is 1. The highest BCUT2D eigenvalue weighted by molar-refractivity contribution is 7.99. The van der Waals surface area contributed by atoms with Gasteiger partial charge in [0.05, 0.1) is 17.7 Å². The van der Waals surface area contributed by atoms with Gasteiger partial charge in [-0.2, -0.15) is 16.7 Å². The van der Waals surface area contributed by atoms with Crippen molar-refractivity contribution in [2.24, 2.45) is 0 Å². The number of carbonyl (C=O) groups excluding carboxylic acids is 1. The van der Waals surface area contributed by atoms with Crippen molar-refractivity contribution >= 4 is 62.2 Å². The summed E-state index contributed by atoms with van der Waals surface area (Å²) >= 11 is 3.51. The molecule has 4 aromatic rings. The van der Waals surface area contributed by atoms with Crippen LogP contribution in [0.3, 0.4) is 0 Å². The number of carbonyl (C=O) groups is 1. The molecule has 0 saturated carbocycles. The van der Waals surface area contributed by atoms with E-state index in [9.17, 15) is 4.79 Å². The van der Waals surface area contributed by atoms with E-state index in [0.29, 0.717) is 42.2 Å². The average Bonchev–Trinajstić information content (AvgIpc) is 3.42. The Morgan fingerprint density at radius 2 is 1.92 bits per heavy atom. The molecule has 8 nitrogen and oxygen atoms in total. The minimum Gasteiger partial charge on any atom is -0.486 e. The summed E-state index contributed by atoms with van der Waals surface area (Å²) in [6.07, 6.45) is 1.30. The van der Waals surface area contributed by atoms with Crippen LogP contribution in [-0.2, 0) is 4.79 Å². The van der Waals surface area contributed by atoms with Gasteiger partial charge in [-0.1, -0.05) is 12.6 Å². The molecule has 0 radical (unpaired) electrons. The molecule has 1 saturated heterocycles. The van der Waals surface area contributed by atoms with Crippen molar-refractivity contribution in [2.75, 3.05) is 52.9 Å². The van der Waals surface area contributed by atoms with Crippen molar-refractivity contribution in [1.82, 2.24) is 9.97 Å². The minimum absolute atomic E-state index is 0.180. The smallest absolute Gasteiger partial charge is 0.250 e. The number of ether oxygens (including phenoxy) is 2. The first-order chi connectivity index (χ1) is 18.2. The van der Waals surface area contributed by atoms with Crippen LogP contribution in [0, 0.1) is 0 Å². The van der Waals surface area contributed by atoms with Crippen molar-refractivity contribution < 1.29 is 14.3 Å². The van der Waals surface area contributed by atoms with Crippen LogP contribution < -0.4 is 24.6 Å². The molecule has 10 heteroatoms. The Morgan fingerprint density at radius 1 is 1.08 bits per heavy atom. The van der Waals surface area contributed by atoms with Crippen molar-refractivity contribution in [3.63, 3.8) is 0 Å². The number of benzene rings is 2. The summed E-state index contributed by atoms with van der Waals surface area (Å²) in [7, 11) is 0. The summed E-state index contributed by atoms with van der Waals surface area (Å²) < 4.78 is 13.1. The number of nitrogens with zero attached hydrogens (tertiary/aromatic N) is 4. The summed E-state index contributed by atoms with van der Waals surface area (Å²) in [6, 6.07) is 15.8. The monoisotopic (exact) mass is 531 g/mol. The molecule has 0 bridgehead atoms. The standard InChI is InChI=1S/C27H25N5O3S2/c1-2-23(33)32-11-14-34-24-21(32)4-3-5-22(24)35-26-25-20(10-15-37-25)29-27(30-26)28-18-6-8-19(9-7-18)31-12-16-36-17-13-31/h2-10,15H,1,11-14,16-17H2,(H,28,29,30). The van der Waals surface area contributed by atoms with E-state index in [2.05, 4.69) is 33.9 Å². The van der Waals surface area contributed by atoms with Crippen LogP contribution >= 0.6 is 23.1 Å². The lowest BCUT2D eigenvalue weighted by molar-refractivity contribution is -0.114. The average molecular weight is 532 g/mol. The zero-order chi connectivity index (χ0) is 25.2. The van der Waals surface area contributed by atoms with Crippen LogP contribution in [0.25, 0.3) is 10.2 Å². The number of thiophene rings is 1. The van der Waals surface area contributed by atoms with E-state index >= 15 is 0 Å². The highest BCUT2D eigenvalue weighted by Crippen LogP contribution is 2.43. The van der Waals surface area contributed by atoms with Crippen LogP contribution in [0.15, 0.2) is 66.6 Å². The molecule has 6 rings (SSSR count). The Balaban J connectivity index is 1.28. The summed E-state index contributed by atoms with van der Waals surface area (Å²) in [4.78, 5) is 25.8. The maximum absolute atomic E-state index is 12.3. The number of amides is 1. The lowest BCUT2D eigenvalue weighted by atomic mass is 10.2. The quantitative estimate of drug-likeness (QED) is 0.318. The van der Waals surface area contributed by atoms with Gasteiger partial charge in [0.1, 0.15) is 11.3 Å². The molecular weight excluding hydrogens is 506 g/mol. The van der Waals surface area contributed by atoms with Crippen molar-refractivity contribution in [1.29, 1.82) is 0 Å². The molecule has 0 aliphatic carbocycles. The van der Waals surface area contributed by atoms with Crippen LogP contribution in [0.5, 0.6) is 17.4 Å². The normalized spacial score (nSPS) is 15.1. The molecule has 37 heavy (non-hydrogen) atoms. The Bertz CT molecular complexity index is 1450. The third-order valence-corrected chi connectivity index (χ3v) is 8.06. The maximum atomic E-state index is 12.3. The lowest BCUT2D eigenvalue weighted by Crippen LogP contribution is -2.36. The first-order valence-corrected chi connectivity index (χ1v) is 14.1. The predicted molar refractivity (Wildman–Crippen MR) is 151 cm³/mol. The molecule has 2 aromatic heterocycles. The van der Waals surface area contributed by atoms with Crippen molar-refractivity contribution in [3.05, 3.63) is 66.6 Å². The predicted octanol–water partition coefficient (Wildman–Crippen LogP) is 5.69. The fourth-order valence-corrected chi connectivity index (χ4v) is 6.07. The Morgan fingerprint density at radius 3 is 2.73 bits per heavy atom. The SMILES string of the molecule is C=CC(=O)N1CCOc2c(Oc3nc(Nc4ccc(N5CCSCC5)cc4)nc4ccsc34)cccc21. The number of para-hydroxylation sites is 1. The first-order valence-electron chi connectivity index (χ1n) is 12.0. The first kappa shape index (κ1) is 23.6. The molecule has 2 aliphatic rings. The van der Waals surface area contributed by atoms with Crippen LogP contribution in [0.1, 0.15) is 0 Å². The van der Waals surface area contributed by atoms with Gasteiger partial charge in [0.25, 0.3) is 5.91 Å². The van der Waals surface area contributed by atoms with E-state index in [-0.39, 0.29) is 5.91 Å². The molecular formula is C27H25N5O3S2. The second-order valence-electron chi connectivity index (χ2n) is 8.51. The molecule has 1 N–H and O–H groups in total. The number of hydrogen-bond acceptors (Lipinski definition) is 9. The number of rotatable bonds is 6. The summed E-state index contributed by atoms with van der Waals surface area (Å²) in [5, 5.41) is 5.28. The third-order valence-electron chi connectivity index (χ3n) is 6.23. The molecule has 1 fully saturated rings. The van der Waals surface area contributed by atoms with E-state index in [1.807, 2.05) is 53.5 Å². The van der Waals surface area contributed by atoms with Gasteiger partial charge in [0.15, 0.2) is 11.5 Å². The van der Waals surface area contributed by atoms with E-state index in [0.717, 1.165) is 40.5 Å². The van der Waals surface area contributed by atoms with Gasteiger partial charge in [0.2, 0.25) is 11.8 Å². The number of anilines is 4. The van der Waals surface area contributed by atoms with Gasteiger partial charge in [-0.05, 0) is 53.9 Å². The second kappa shape index (κ2) is 10.3. The Kier molecular flexibility index (Phi) is 6.58. The van der Waals surface area contributed by atoms with Gasteiger partial charge < -0.3 is 24.6 Å². The van der Waals surface area contributed by atoms with Gasteiger partial charge in [-0.15, -0.1) is 11.3 Å². The van der Waals surface area contributed by atoms with Crippen molar-refractivity contribution in [2.45, 2.75) is 0 Å². The van der Waals surface area contributed by atoms with E-state index in [1.54, 1.807) is 4.90 Å². The fourth-order valence-electron chi connectivity index (χ4n) is 4.41. The highest BCUT2D eigenvalue weighted by Gasteiger charge is 2.26. The molecule has 1 amide bonds. The lowest BCUT2D eigenvalue weighted by Gasteiger charge is -2.29. The fraction of sp³-hybridized carbons (Fsp3) is 0.222. The maximum Gasteiger partial charge on any atom is 0.250 e. The summed E-state index contributed by atoms with van der Waals surface area (Å²) in [5.41, 5.74) is 3.56. The second-order valence-corrected chi connectivity index (χ2v) is 10.6. The molecule has 4 heterocycles. The summed E-state index contributed by atoms with van der Waals surface area (Å²) in [5.74, 6) is 4.01. The molecule has 188 valence electrons. The zero-order valence-corrected chi connectivity index (χ0v) is 21.7. The summed E-state index contributed by atoms with van der Waals surface area (Å²) in [6.45, 7) is 6.57. The molecule has 2 aliphatic heterocycles.